The van der Waals surface area contributed by atoms with Crippen molar-refractivity contribution >= 4 is 23.0 Å². The Morgan fingerprint density at radius 1 is 1.00 bits per heavy atom. The van der Waals surface area contributed by atoms with Crippen LogP contribution in [0.15, 0.2) is 42.6 Å². The van der Waals surface area contributed by atoms with Crippen LogP contribution in [0, 0.1) is 6.92 Å². The van der Waals surface area contributed by atoms with Crippen LogP contribution in [0.4, 0.5) is 5.69 Å². The van der Waals surface area contributed by atoms with E-state index in [1.54, 1.807) is 16.7 Å². The number of hydrogen-bond donors (Lipinski definition) is 2. The summed E-state index contributed by atoms with van der Waals surface area (Å²) in [6, 6.07) is 11.4. The average molecular weight is 378 g/mol. The highest BCUT2D eigenvalue weighted by Crippen LogP contribution is 2.28. The second-order valence-corrected chi connectivity index (χ2v) is 7.52. The standard InChI is InChI=1S/C22H26N4O2/c1-13(2)16-10-8-9-15(5)18(16)25-22(28)20-24-19(21(27)23-14(3)4)17-11-6-7-12-26(17)20/h6-14H,1-5H3,(H,23,27)(H,25,28). The van der Waals surface area contributed by atoms with E-state index in [-0.39, 0.29) is 35.3 Å². The second-order valence-electron chi connectivity index (χ2n) is 7.52. The van der Waals surface area contributed by atoms with Crippen LogP contribution >= 0.6 is 0 Å². The van der Waals surface area contributed by atoms with Gasteiger partial charge in [-0.3, -0.25) is 14.0 Å². The number of pyridine rings is 1. The first-order valence-corrected chi connectivity index (χ1v) is 9.48. The molecule has 6 nitrogen and oxygen atoms in total. The number of rotatable bonds is 5. The molecule has 0 aliphatic rings. The van der Waals surface area contributed by atoms with E-state index in [9.17, 15) is 9.59 Å². The first kappa shape index (κ1) is 19.6. The van der Waals surface area contributed by atoms with Crippen molar-refractivity contribution in [2.24, 2.45) is 0 Å². The summed E-state index contributed by atoms with van der Waals surface area (Å²) in [4.78, 5) is 30.0. The minimum atomic E-state index is -0.346. The monoisotopic (exact) mass is 378 g/mol. The van der Waals surface area contributed by atoms with Crippen LogP contribution in [-0.2, 0) is 0 Å². The normalized spacial score (nSPS) is 11.2. The van der Waals surface area contributed by atoms with E-state index in [1.807, 2.05) is 51.1 Å². The predicted molar refractivity (Wildman–Crippen MR) is 111 cm³/mol. The molecule has 0 unspecified atom stereocenters. The van der Waals surface area contributed by atoms with Crippen molar-refractivity contribution in [2.75, 3.05) is 5.32 Å². The Kier molecular flexibility index (Phi) is 5.49. The first-order valence-electron chi connectivity index (χ1n) is 9.48. The Morgan fingerprint density at radius 3 is 2.43 bits per heavy atom. The Labute approximate surface area is 165 Å². The zero-order valence-corrected chi connectivity index (χ0v) is 16.9. The molecule has 146 valence electrons. The third-order valence-electron chi connectivity index (χ3n) is 4.55. The fourth-order valence-electron chi connectivity index (χ4n) is 3.21. The van der Waals surface area contributed by atoms with Gasteiger partial charge in [-0.1, -0.05) is 38.1 Å². The highest BCUT2D eigenvalue weighted by molar-refractivity contribution is 6.06. The number of anilines is 1. The number of benzene rings is 1. The lowest BCUT2D eigenvalue weighted by Crippen LogP contribution is -2.30. The van der Waals surface area contributed by atoms with Gasteiger partial charge in [-0.25, -0.2) is 4.98 Å². The van der Waals surface area contributed by atoms with Gasteiger partial charge in [-0.15, -0.1) is 0 Å². The van der Waals surface area contributed by atoms with Crippen LogP contribution < -0.4 is 10.6 Å². The number of fused-ring (bicyclic) bond motifs is 1. The molecule has 0 fully saturated rings. The van der Waals surface area contributed by atoms with E-state index in [4.69, 9.17) is 0 Å². The van der Waals surface area contributed by atoms with Crippen molar-refractivity contribution in [3.63, 3.8) is 0 Å². The van der Waals surface area contributed by atoms with Crippen LogP contribution in [0.1, 0.15) is 65.8 Å². The van der Waals surface area contributed by atoms with Gasteiger partial charge in [-0.2, -0.15) is 0 Å². The van der Waals surface area contributed by atoms with Crippen molar-refractivity contribution < 1.29 is 9.59 Å². The van der Waals surface area contributed by atoms with E-state index in [2.05, 4.69) is 29.5 Å². The fraction of sp³-hybridized carbons (Fsp3) is 0.318. The molecule has 0 bridgehead atoms. The molecule has 6 heteroatoms. The third kappa shape index (κ3) is 3.76. The molecule has 2 amide bonds. The van der Waals surface area contributed by atoms with Crippen LogP contribution in [0.25, 0.3) is 5.52 Å². The van der Waals surface area contributed by atoms with Gasteiger partial charge in [0, 0.05) is 17.9 Å². The Balaban J connectivity index is 2.03. The van der Waals surface area contributed by atoms with Gasteiger partial charge in [0.2, 0.25) is 5.82 Å². The molecule has 0 aliphatic heterocycles. The summed E-state index contributed by atoms with van der Waals surface area (Å²) in [6.45, 7) is 9.91. The summed E-state index contributed by atoms with van der Waals surface area (Å²) in [5.41, 5.74) is 3.68. The van der Waals surface area contributed by atoms with Gasteiger partial charge in [0.15, 0.2) is 5.69 Å². The van der Waals surface area contributed by atoms with Crippen LogP contribution in [0.2, 0.25) is 0 Å². The summed E-state index contributed by atoms with van der Waals surface area (Å²) < 4.78 is 1.65. The number of amides is 2. The summed E-state index contributed by atoms with van der Waals surface area (Å²) >= 11 is 0. The lowest BCUT2D eigenvalue weighted by molar-refractivity contribution is 0.0940. The van der Waals surface area contributed by atoms with Crippen molar-refractivity contribution in [3.05, 3.63) is 65.2 Å². The SMILES string of the molecule is Cc1cccc(C(C)C)c1NC(=O)c1nc(C(=O)NC(C)C)c2ccccn12. The molecule has 1 aromatic carbocycles. The quantitative estimate of drug-likeness (QED) is 0.700. The number of aromatic nitrogens is 2. The minimum Gasteiger partial charge on any atom is -0.348 e. The van der Waals surface area contributed by atoms with Crippen molar-refractivity contribution in [2.45, 2.75) is 46.6 Å². The molecule has 0 radical (unpaired) electrons. The topological polar surface area (TPSA) is 75.5 Å². The smallest absolute Gasteiger partial charge is 0.292 e. The molecule has 2 aromatic heterocycles. The minimum absolute atomic E-state index is 0.0224. The van der Waals surface area contributed by atoms with Gasteiger partial charge in [0.1, 0.15) is 0 Å². The Morgan fingerprint density at radius 2 is 1.75 bits per heavy atom. The summed E-state index contributed by atoms with van der Waals surface area (Å²) in [5, 5.41) is 5.85. The number of carbonyl (C=O) groups excluding carboxylic acids is 2. The lowest BCUT2D eigenvalue weighted by Gasteiger charge is -2.16. The summed E-state index contributed by atoms with van der Waals surface area (Å²) in [7, 11) is 0. The second kappa shape index (κ2) is 7.84. The molecule has 3 rings (SSSR count). The van der Waals surface area contributed by atoms with Gasteiger partial charge in [-0.05, 0) is 49.9 Å². The lowest BCUT2D eigenvalue weighted by atomic mass is 9.98. The molecule has 2 heterocycles. The Bertz CT molecular complexity index is 1030. The number of nitrogens with one attached hydrogen (secondary N) is 2. The predicted octanol–water partition coefficient (Wildman–Crippen LogP) is 4.16. The molecule has 0 aliphatic carbocycles. The van der Waals surface area contributed by atoms with E-state index >= 15 is 0 Å². The average Bonchev–Trinajstić information content (AvgIpc) is 3.02. The van der Waals surface area contributed by atoms with Gasteiger partial charge >= 0.3 is 0 Å². The van der Waals surface area contributed by atoms with Gasteiger partial charge in [0.25, 0.3) is 11.8 Å². The third-order valence-corrected chi connectivity index (χ3v) is 4.55. The van der Waals surface area contributed by atoms with E-state index < -0.39 is 0 Å². The number of hydrogen-bond acceptors (Lipinski definition) is 3. The first-order chi connectivity index (χ1) is 13.3. The van der Waals surface area contributed by atoms with Gasteiger partial charge in [0.05, 0.1) is 5.52 Å². The number of aryl methyl sites for hydroxylation is 1. The number of para-hydroxylation sites is 1. The molecule has 3 aromatic rings. The van der Waals surface area contributed by atoms with Crippen LogP contribution in [0.5, 0.6) is 0 Å². The molecule has 28 heavy (non-hydrogen) atoms. The summed E-state index contributed by atoms with van der Waals surface area (Å²) in [5.74, 6) is -0.195. The number of nitrogens with zero attached hydrogens (tertiary/aromatic N) is 2. The van der Waals surface area contributed by atoms with Crippen molar-refractivity contribution in [1.82, 2.24) is 14.7 Å². The summed E-state index contributed by atoms with van der Waals surface area (Å²) in [6.07, 6.45) is 1.74. The molecule has 0 spiro atoms. The molecule has 0 saturated heterocycles. The molecular formula is C22H26N4O2. The number of imidazole rings is 1. The van der Waals surface area contributed by atoms with E-state index in [0.29, 0.717) is 5.52 Å². The van der Waals surface area contributed by atoms with Crippen LogP contribution in [-0.4, -0.2) is 27.2 Å². The maximum Gasteiger partial charge on any atom is 0.292 e. The highest BCUT2D eigenvalue weighted by Gasteiger charge is 2.23. The molecular weight excluding hydrogens is 352 g/mol. The molecule has 0 saturated carbocycles. The van der Waals surface area contributed by atoms with Crippen molar-refractivity contribution in [1.29, 1.82) is 0 Å². The molecule has 0 atom stereocenters. The Hall–Kier alpha value is -3.15. The van der Waals surface area contributed by atoms with Gasteiger partial charge < -0.3 is 10.6 Å². The van der Waals surface area contributed by atoms with Crippen LogP contribution in [0.3, 0.4) is 0 Å². The van der Waals surface area contributed by atoms with Crippen molar-refractivity contribution in [3.8, 4) is 0 Å². The maximum atomic E-state index is 13.1. The highest BCUT2D eigenvalue weighted by atomic mass is 16.2. The van der Waals surface area contributed by atoms with E-state index in [0.717, 1.165) is 16.8 Å². The van der Waals surface area contributed by atoms with E-state index in [1.165, 1.54) is 0 Å². The zero-order valence-electron chi connectivity index (χ0n) is 16.9. The maximum absolute atomic E-state index is 13.1. The zero-order chi connectivity index (χ0) is 20.4. The fourth-order valence-corrected chi connectivity index (χ4v) is 3.21. The largest absolute Gasteiger partial charge is 0.348 e. The molecule has 2 N–H and O–H groups in total. The number of carbonyl (C=O) groups is 2.